The molecule has 0 aromatic carbocycles. The van der Waals surface area contributed by atoms with Gasteiger partial charge in [0, 0.05) is 32.9 Å². The van der Waals surface area contributed by atoms with E-state index in [9.17, 15) is 0 Å². The third-order valence-corrected chi connectivity index (χ3v) is 3.12. The number of nitrogens with zero attached hydrogens (tertiary/aromatic N) is 4. The molecule has 0 aliphatic rings. The Bertz CT molecular complexity index is 369. The lowest BCUT2D eigenvalue weighted by Crippen LogP contribution is -2.33. The van der Waals surface area contributed by atoms with E-state index < -0.39 is 0 Å². The minimum Gasteiger partial charge on any atom is -0.357 e. The van der Waals surface area contributed by atoms with Gasteiger partial charge < -0.3 is 15.1 Å². The average molecular weight is 316 g/mol. The molecule has 0 unspecified atom stereocenters. The van der Waals surface area contributed by atoms with Crippen LogP contribution < -0.4 is 10.2 Å². The molecule has 0 fully saturated rings. The van der Waals surface area contributed by atoms with Gasteiger partial charge in [-0.2, -0.15) is 4.98 Å². The molecule has 0 saturated carbocycles. The van der Waals surface area contributed by atoms with Gasteiger partial charge in [0.25, 0.3) is 0 Å². The summed E-state index contributed by atoms with van der Waals surface area (Å²) in [4.78, 5) is 13.2. The number of hydrogen-bond acceptors (Lipinski definition) is 5. The summed E-state index contributed by atoms with van der Waals surface area (Å²) < 4.78 is 0.939. The van der Waals surface area contributed by atoms with Gasteiger partial charge in [0.1, 0.15) is 5.82 Å². The highest BCUT2D eigenvalue weighted by atomic mass is 79.9. The van der Waals surface area contributed by atoms with Gasteiger partial charge in [-0.1, -0.05) is 6.92 Å². The number of nitrogens with one attached hydrogen (secondary N) is 1. The highest BCUT2D eigenvalue weighted by Gasteiger charge is 2.12. The first-order valence-electron chi connectivity index (χ1n) is 6.18. The minimum atomic E-state index is 0.652. The first kappa shape index (κ1) is 15.2. The summed E-state index contributed by atoms with van der Waals surface area (Å²) in [5.74, 6) is 1.61. The van der Waals surface area contributed by atoms with Crippen LogP contribution in [0.2, 0.25) is 0 Å². The van der Waals surface area contributed by atoms with Gasteiger partial charge in [-0.05, 0) is 36.4 Å². The SMILES string of the molecule is CCCN(CCN(C)C)c1nc(NC)ncc1Br. The van der Waals surface area contributed by atoms with Crippen molar-refractivity contribution in [1.29, 1.82) is 0 Å². The van der Waals surface area contributed by atoms with E-state index in [2.05, 4.69) is 62.0 Å². The standard InChI is InChI=1S/C12H22BrN5/c1-5-6-18(8-7-17(3)4)11-10(13)9-15-12(14-2)16-11/h9H,5-8H2,1-4H3,(H,14,15,16). The van der Waals surface area contributed by atoms with Gasteiger partial charge in [0.15, 0.2) is 0 Å². The maximum atomic E-state index is 4.53. The van der Waals surface area contributed by atoms with Crippen molar-refractivity contribution in [3.8, 4) is 0 Å². The Morgan fingerprint density at radius 2 is 2.00 bits per heavy atom. The molecule has 0 saturated heterocycles. The van der Waals surface area contributed by atoms with Crippen LogP contribution in [0.5, 0.6) is 0 Å². The van der Waals surface area contributed by atoms with E-state index in [1.807, 2.05) is 7.05 Å². The second-order valence-electron chi connectivity index (χ2n) is 4.41. The molecule has 0 atom stereocenters. The van der Waals surface area contributed by atoms with Gasteiger partial charge in [-0.15, -0.1) is 0 Å². The maximum Gasteiger partial charge on any atom is 0.224 e. The summed E-state index contributed by atoms with van der Waals surface area (Å²) in [6.45, 7) is 5.13. The zero-order valence-electron chi connectivity index (χ0n) is 11.6. The largest absolute Gasteiger partial charge is 0.357 e. The van der Waals surface area contributed by atoms with E-state index in [-0.39, 0.29) is 0 Å². The Kier molecular flexibility index (Phi) is 6.35. The van der Waals surface area contributed by atoms with Gasteiger partial charge in [0.2, 0.25) is 5.95 Å². The van der Waals surface area contributed by atoms with E-state index in [0.29, 0.717) is 5.95 Å². The summed E-state index contributed by atoms with van der Waals surface area (Å²) in [5.41, 5.74) is 0. The zero-order chi connectivity index (χ0) is 13.5. The van der Waals surface area contributed by atoms with E-state index in [0.717, 1.165) is 36.3 Å². The molecular formula is C12H22BrN5. The molecule has 102 valence electrons. The highest BCUT2D eigenvalue weighted by Crippen LogP contribution is 2.24. The zero-order valence-corrected chi connectivity index (χ0v) is 13.2. The van der Waals surface area contributed by atoms with Crippen LogP contribution in [-0.4, -0.2) is 55.6 Å². The Balaban J connectivity index is 2.89. The number of aromatic nitrogens is 2. The van der Waals surface area contributed by atoms with Crippen LogP contribution in [-0.2, 0) is 0 Å². The minimum absolute atomic E-state index is 0.652. The predicted molar refractivity (Wildman–Crippen MR) is 80.3 cm³/mol. The molecule has 1 aromatic heterocycles. The van der Waals surface area contributed by atoms with Crippen molar-refractivity contribution in [2.24, 2.45) is 0 Å². The topological polar surface area (TPSA) is 44.3 Å². The van der Waals surface area contributed by atoms with Crippen molar-refractivity contribution in [3.63, 3.8) is 0 Å². The fraction of sp³-hybridized carbons (Fsp3) is 0.667. The first-order valence-corrected chi connectivity index (χ1v) is 6.97. The molecule has 5 nitrogen and oxygen atoms in total. The average Bonchev–Trinajstić information content (AvgIpc) is 2.35. The van der Waals surface area contributed by atoms with Crippen LogP contribution in [0, 0.1) is 0 Å². The highest BCUT2D eigenvalue weighted by molar-refractivity contribution is 9.10. The molecule has 0 aliphatic heterocycles. The molecule has 0 aliphatic carbocycles. The third kappa shape index (κ3) is 4.42. The fourth-order valence-electron chi connectivity index (χ4n) is 1.61. The summed E-state index contributed by atoms with van der Waals surface area (Å²) in [5, 5.41) is 2.98. The van der Waals surface area contributed by atoms with Crippen LogP contribution in [0.4, 0.5) is 11.8 Å². The van der Waals surface area contributed by atoms with Crippen LogP contribution in [0.15, 0.2) is 10.7 Å². The number of halogens is 1. The molecule has 6 heteroatoms. The van der Waals surface area contributed by atoms with Crippen LogP contribution in [0.3, 0.4) is 0 Å². The lowest BCUT2D eigenvalue weighted by atomic mass is 10.3. The monoisotopic (exact) mass is 315 g/mol. The van der Waals surface area contributed by atoms with E-state index in [1.165, 1.54) is 0 Å². The predicted octanol–water partition coefficient (Wildman–Crippen LogP) is 2.06. The molecule has 1 N–H and O–H groups in total. The first-order chi connectivity index (χ1) is 8.58. The molecule has 18 heavy (non-hydrogen) atoms. The summed E-state index contributed by atoms with van der Waals surface area (Å²) in [7, 11) is 5.99. The molecule has 1 heterocycles. The Morgan fingerprint density at radius 1 is 1.28 bits per heavy atom. The molecule has 0 amide bonds. The summed E-state index contributed by atoms with van der Waals surface area (Å²) >= 11 is 3.53. The summed E-state index contributed by atoms with van der Waals surface area (Å²) in [6, 6.07) is 0. The van der Waals surface area contributed by atoms with Crippen molar-refractivity contribution in [3.05, 3.63) is 10.7 Å². The number of likely N-dealkylation sites (N-methyl/N-ethyl adjacent to an activating group) is 1. The molecule has 0 spiro atoms. The molecule has 1 aromatic rings. The quantitative estimate of drug-likeness (QED) is 0.834. The lowest BCUT2D eigenvalue weighted by Gasteiger charge is -2.26. The lowest BCUT2D eigenvalue weighted by molar-refractivity contribution is 0.412. The van der Waals surface area contributed by atoms with Gasteiger partial charge in [0.05, 0.1) is 4.47 Å². The maximum absolute atomic E-state index is 4.53. The molecular weight excluding hydrogens is 294 g/mol. The Morgan fingerprint density at radius 3 is 2.56 bits per heavy atom. The normalized spacial score (nSPS) is 10.8. The van der Waals surface area contributed by atoms with Crippen molar-refractivity contribution in [2.75, 3.05) is 51.0 Å². The second-order valence-corrected chi connectivity index (χ2v) is 5.26. The van der Waals surface area contributed by atoms with Crippen LogP contribution >= 0.6 is 15.9 Å². The number of anilines is 2. The number of rotatable bonds is 7. The van der Waals surface area contributed by atoms with Gasteiger partial charge >= 0.3 is 0 Å². The van der Waals surface area contributed by atoms with Crippen LogP contribution in [0.1, 0.15) is 13.3 Å². The van der Waals surface area contributed by atoms with Gasteiger partial charge in [-0.3, -0.25) is 0 Å². The van der Waals surface area contributed by atoms with E-state index in [1.54, 1.807) is 6.20 Å². The smallest absolute Gasteiger partial charge is 0.224 e. The van der Waals surface area contributed by atoms with Gasteiger partial charge in [-0.25, -0.2) is 4.98 Å². The third-order valence-electron chi connectivity index (χ3n) is 2.56. The Labute approximate surface area is 118 Å². The molecule has 0 bridgehead atoms. The fourth-order valence-corrected chi connectivity index (χ4v) is 2.06. The van der Waals surface area contributed by atoms with E-state index >= 15 is 0 Å². The Hall–Kier alpha value is -0.880. The van der Waals surface area contributed by atoms with Crippen molar-refractivity contribution < 1.29 is 0 Å². The molecule has 0 radical (unpaired) electrons. The van der Waals surface area contributed by atoms with Crippen molar-refractivity contribution in [2.45, 2.75) is 13.3 Å². The van der Waals surface area contributed by atoms with Crippen LogP contribution in [0.25, 0.3) is 0 Å². The van der Waals surface area contributed by atoms with E-state index in [4.69, 9.17) is 0 Å². The van der Waals surface area contributed by atoms with Crippen molar-refractivity contribution in [1.82, 2.24) is 14.9 Å². The summed E-state index contributed by atoms with van der Waals surface area (Å²) in [6.07, 6.45) is 2.89. The second kappa shape index (κ2) is 7.53. The number of hydrogen-bond donors (Lipinski definition) is 1. The molecule has 1 rings (SSSR count). The van der Waals surface area contributed by atoms with Crippen molar-refractivity contribution >= 4 is 27.7 Å².